The zero-order chi connectivity index (χ0) is 22.1. The predicted molar refractivity (Wildman–Crippen MR) is 129 cm³/mol. The van der Waals surface area contributed by atoms with Crippen molar-refractivity contribution in [3.63, 3.8) is 0 Å². The van der Waals surface area contributed by atoms with Crippen molar-refractivity contribution < 1.29 is 4.74 Å². The van der Waals surface area contributed by atoms with Crippen LogP contribution in [0.3, 0.4) is 0 Å². The van der Waals surface area contributed by atoms with Crippen LogP contribution in [0.1, 0.15) is 29.2 Å². The van der Waals surface area contributed by atoms with Gasteiger partial charge in [0.05, 0.1) is 30.7 Å². The van der Waals surface area contributed by atoms with Gasteiger partial charge in [-0.25, -0.2) is 0 Å². The molecule has 0 amide bonds. The van der Waals surface area contributed by atoms with Crippen LogP contribution in [-0.2, 0) is 0 Å². The Morgan fingerprint density at radius 2 is 1.78 bits per heavy atom. The molecule has 160 valence electrons. The first kappa shape index (κ1) is 20.2. The molecular formula is C25H23N5OS. The first-order valence-electron chi connectivity index (χ1n) is 10.4. The standard InChI is InChI=1S/C25H23N5OS/c1-17-8-13-22(29(17)19-6-5-14-26-16-19)24-23(21-7-3-4-15-27-21)28-25(32)30(24)18-9-11-20(31-2)12-10-18/h3-16,23-24H,1-2H3,(H,28,32)/t23-,24-/m0/s1. The van der Waals surface area contributed by atoms with E-state index in [0.29, 0.717) is 5.11 Å². The maximum atomic E-state index is 5.84. The van der Waals surface area contributed by atoms with Gasteiger partial charge >= 0.3 is 0 Å². The lowest BCUT2D eigenvalue weighted by molar-refractivity contribution is 0.415. The third kappa shape index (κ3) is 3.50. The monoisotopic (exact) mass is 441 g/mol. The van der Waals surface area contributed by atoms with Crippen molar-refractivity contribution >= 4 is 23.0 Å². The number of methoxy groups -OCH3 is 1. The molecule has 1 aliphatic rings. The van der Waals surface area contributed by atoms with E-state index >= 15 is 0 Å². The smallest absolute Gasteiger partial charge is 0.174 e. The Morgan fingerprint density at radius 1 is 0.938 bits per heavy atom. The van der Waals surface area contributed by atoms with Crippen molar-refractivity contribution in [2.75, 3.05) is 12.0 Å². The van der Waals surface area contributed by atoms with E-state index in [1.54, 1.807) is 13.3 Å². The summed E-state index contributed by atoms with van der Waals surface area (Å²) in [7, 11) is 1.67. The largest absolute Gasteiger partial charge is 0.497 e. The normalized spacial score (nSPS) is 17.9. The second-order valence-corrected chi connectivity index (χ2v) is 8.03. The average molecular weight is 442 g/mol. The van der Waals surface area contributed by atoms with Crippen LogP contribution in [0.2, 0.25) is 0 Å². The maximum Gasteiger partial charge on any atom is 0.174 e. The van der Waals surface area contributed by atoms with Gasteiger partial charge in [-0.15, -0.1) is 0 Å². The fraction of sp³-hybridized carbons (Fsp3) is 0.160. The van der Waals surface area contributed by atoms with E-state index < -0.39 is 0 Å². The van der Waals surface area contributed by atoms with Crippen molar-refractivity contribution in [1.82, 2.24) is 19.9 Å². The van der Waals surface area contributed by atoms with Gasteiger partial charge in [-0.1, -0.05) is 6.07 Å². The van der Waals surface area contributed by atoms with Crippen LogP contribution in [0, 0.1) is 6.92 Å². The van der Waals surface area contributed by atoms with Crippen LogP contribution in [0.4, 0.5) is 5.69 Å². The second-order valence-electron chi connectivity index (χ2n) is 7.64. The predicted octanol–water partition coefficient (Wildman–Crippen LogP) is 4.76. The van der Waals surface area contributed by atoms with Crippen LogP contribution in [-0.4, -0.2) is 26.8 Å². The highest BCUT2D eigenvalue weighted by molar-refractivity contribution is 7.80. The number of hydrogen-bond acceptors (Lipinski definition) is 4. The molecule has 1 N–H and O–H groups in total. The van der Waals surface area contributed by atoms with Crippen LogP contribution in [0.15, 0.2) is 85.3 Å². The number of thiocarbonyl (C=S) groups is 1. The Bertz CT molecular complexity index is 1220. The Morgan fingerprint density at radius 3 is 2.47 bits per heavy atom. The first-order chi connectivity index (χ1) is 15.7. The summed E-state index contributed by atoms with van der Waals surface area (Å²) < 4.78 is 7.59. The molecule has 32 heavy (non-hydrogen) atoms. The van der Waals surface area contributed by atoms with Gasteiger partial charge in [-0.05, 0) is 79.8 Å². The van der Waals surface area contributed by atoms with Gasteiger partial charge in [0.2, 0.25) is 0 Å². The number of nitrogens with zero attached hydrogens (tertiary/aromatic N) is 4. The van der Waals surface area contributed by atoms with Crippen LogP contribution < -0.4 is 15.0 Å². The van der Waals surface area contributed by atoms with Crippen LogP contribution >= 0.6 is 12.2 Å². The number of nitrogens with one attached hydrogen (secondary N) is 1. The van der Waals surface area contributed by atoms with Crippen LogP contribution in [0.25, 0.3) is 5.69 Å². The summed E-state index contributed by atoms with van der Waals surface area (Å²) >= 11 is 5.84. The van der Waals surface area contributed by atoms with E-state index in [2.05, 4.69) is 49.9 Å². The number of anilines is 1. The molecule has 7 heteroatoms. The molecule has 0 radical (unpaired) electrons. The zero-order valence-corrected chi connectivity index (χ0v) is 18.7. The molecule has 6 nitrogen and oxygen atoms in total. The van der Waals surface area contributed by atoms with Gasteiger partial charge in [-0.3, -0.25) is 9.97 Å². The Balaban J connectivity index is 1.68. The van der Waals surface area contributed by atoms with Gasteiger partial charge in [-0.2, -0.15) is 0 Å². The quantitative estimate of drug-likeness (QED) is 0.451. The van der Waals surface area contributed by atoms with Crippen molar-refractivity contribution in [3.05, 3.63) is 102 Å². The Kier molecular flexibility index (Phi) is 5.33. The molecule has 0 aliphatic carbocycles. The number of benzene rings is 1. The number of rotatable bonds is 5. The minimum atomic E-state index is -0.115. The van der Waals surface area contributed by atoms with E-state index in [4.69, 9.17) is 17.0 Å². The topological polar surface area (TPSA) is 55.2 Å². The number of hydrogen-bond donors (Lipinski definition) is 1. The fourth-order valence-electron chi connectivity index (χ4n) is 4.30. The Labute approximate surface area is 192 Å². The van der Waals surface area contributed by atoms with Gasteiger partial charge in [0.1, 0.15) is 11.8 Å². The zero-order valence-electron chi connectivity index (χ0n) is 17.8. The lowest BCUT2D eigenvalue weighted by Gasteiger charge is -2.29. The molecule has 4 heterocycles. The van der Waals surface area contributed by atoms with E-state index in [-0.39, 0.29) is 12.1 Å². The first-order valence-corrected chi connectivity index (χ1v) is 10.8. The van der Waals surface area contributed by atoms with Crippen LogP contribution in [0.5, 0.6) is 5.75 Å². The lowest BCUT2D eigenvalue weighted by atomic mass is 10.0. The summed E-state index contributed by atoms with van der Waals surface area (Å²) in [6.07, 6.45) is 5.48. The molecule has 1 aliphatic heterocycles. The van der Waals surface area contributed by atoms with E-state index in [1.807, 2.05) is 60.9 Å². The maximum absolute atomic E-state index is 5.84. The van der Waals surface area contributed by atoms with Gasteiger partial charge in [0, 0.05) is 29.5 Å². The molecule has 0 spiro atoms. The number of aromatic nitrogens is 3. The minimum Gasteiger partial charge on any atom is -0.497 e. The molecule has 1 saturated heterocycles. The molecule has 3 aromatic heterocycles. The van der Waals surface area contributed by atoms with Crippen molar-refractivity contribution in [3.8, 4) is 11.4 Å². The van der Waals surface area contributed by atoms with E-state index in [9.17, 15) is 0 Å². The summed E-state index contributed by atoms with van der Waals surface area (Å²) in [4.78, 5) is 11.1. The second kappa shape index (κ2) is 8.43. The van der Waals surface area contributed by atoms with Crippen molar-refractivity contribution in [2.24, 2.45) is 0 Å². The molecule has 0 saturated carbocycles. The van der Waals surface area contributed by atoms with Crippen molar-refractivity contribution in [2.45, 2.75) is 19.0 Å². The average Bonchev–Trinajstić information content (AvgIpc) is 3.39. The summed E-state index contributed by atoms with van der Waals surface area (Å²) in [6, 6.07) is 22.0. The van der Waals surface area contributed by atoms with E-state index in [1.165, 1.54) is 0 Å². The highest BCUT2D eigenvalue weighted by Crippen LogP contribution is 2.42. The summed E-state index contributed by atoms with van der Waals surface area (Å²) in [5.74, 6) is 0.805. The minimum absolute atomic E-state index is 0.111. The molecule has 4 aromatic rings. The SMILES string of the molecule is COc1ccc(N2C(=S)N[C@@H](c3ccccn3)[C@@H]2c2ccc(C)n2-c2cccnc2)cc1. The summed E-state index contributed by atoms with van der Waals surface area (Å²) in [5.41, 5.74) is 5.17. The van der Waals surface area contributed by atoms with Gasteiger partial charge in [0.25, 0.3) is 0 Å². The van der Waals surface area contributed by atoms with E-state index in [0.717, 1.165) is 34.2 Å². The third-order valence-electron chi connectivity index (χ3n) is 5.76. The molecule has 2 atom stereocenters. The molecular weight excluding hydrogens is 418 g/mol. The molecule has 1 fully saturated rings. The fourth-order valence-corrected chi connectivity index (χ4v) is 4.65. The Hall–Kier alpha value is -3.71. The summed E-state index contributed by atoms with van der Waals surface area (Å²) in [5, 5.41) is 4.18. The highest BCUT2D eigenvalue weighted by Gasteiger charge is 2.42. The lowest BCUT2D eigenvalue weighted by Crippen LogP contribution is -2.30. The number of pyridine rings is 2. The molecule has 1 aromatic carbocycles. The van der Waals surface area contributed by atoms with Gasteiger partial charge < -0.3 is 19.5 Å². The molecule has 0 unspecified atom stereocenters. The molecule has 5 rings (SSSR count). The third-order valence-corrected chi connectivity index (χ3v) is 6.08. The van der Waals surface area contributed by atoms with Gasteiger partial charge in [0.15, 0.2) is 5.11 Å². The number of ether oxygens (including phenoxy) is 1. The highest BCUT2D eigenvalue weighted by atomic mass is 32.1. The number of aryl methyl sites for hydroxylation is 1. The summed E-state index contributed by atoms with van der Waals surface area (Å²) in [6.45, 7) is 2.10. The van der Waals surface area contributed by atoms with Crippen molar-refractivity contribution in [1.29, 1.82) is 0 Å². The molecule has 0 bridgehead atoms.